The van der Waals surface area contributed by atoms with Crippen molar-refractivity contribution < 1.29 is 33.3 Å². The molecule has 3 rings (SSSR count). The van der Waals surface area contributed by atoms with Crippen LogP contribution in [-0.4, -0.2) is 34.5 Å². The first-order chi connectivity index (χ1) is 18.1. The van der Waals surface area contributed by atoms with Gasteiger partial charge in [-0.25, -0.2) is 9.82 Å². The highest BCUT2D eigenvalue weighted by atomic mass is 35.5. The van der Waals surface area contributed by atoms with E-state index in [9.17, 15) is 34.2 Å². The van der Waals surface area contributed by atoms with Gasteiger partial charge in [0.05, 0.1) is 33.8 Å². The fourth-order valence-corrected chi connectivity index (χ4v) is 3.08. The second-order valence-electron chi connectivity index (χ2n) is 7.19. The number of anilines is 1. The molecule has 0 saturated heterocycles. The Hall–Kier alpha value is -5.11. The van der Waals surface area contributed by atoms with Crippen LogP contribution in [0.2, 0.25) is 5.02 Å². The first-order valence-electron chi connectivity index (χ1n) is 10.6. The normalized spacial score (nSPS) is 10.6. The number of nitro benzene ring substituents is 2. The van der Waals surface area contributed by atoms with E-state index in [1.807, 2.05) is 5.43 Å². The third-order valence-electron chi connectivity index (χ3n) is 4.60. The van der Waals surface area contributed by atoms with Crippen LogP contribution in [0.1, 0.15) is 12.5 Å². The molecule has 0 bridgehead atoms. The minimum absolute atomic E-state index is 0.0716. The van der Waals surface area contributed by atoms with Gasteiger partial charge >= 0.3 is 17.5 Å². The molecule has 3 aromatic carbocycles. The average Bonchev–Trinajstić information content (AvgIpc) is 2.87. The Morgan fingerprint density at radius 1 is 1.00 bits per heavy atom. The number of benzene rings is 3. The molecule has 15 heteroatoms. The summed E-state index contributed by atoms with van der Waals surface area (Å²) in [6.45, 7) is 1.88. The maximum Gasteiger partial charge on any atom is 0.329 e. The lowest BCUT2D eigenvalue weighted by atomic mass is 10.2. The number of hydrazone groups is 1. The maximum atomic E-state index is 13.2. The number of carbonyl (C=O) groups is 2. The summed E-state index contributed by atoms with van der Waals surface area (Å²) in [5, 5.41) is 28.0. The predicted octanol–water partition coefficient (Wildman–Crippen LogP) is 4.58. The van der Waals surface area contributed by atoms with Gasteiger partial charge in [-0.05, 0) is 55.0 Å². The third kappa shape index (κ3) is 6.98. The van der Waals surface area contributed by atoms with Crippen LogP contribution in [0.5, 0.6) is 17.2 Å². The highest BCUT2D eigenvalue weighted by Crippen LogP contribution is 2.38. The predicted molar refractivity (Wildman–Crippen MR) is 133 cm³/mol. The van der Waals surface area contributed by atoms with Crippen LogP contribution < -0.4 is 20.2 Å². The second-order valence-corrected chi connectivity index (χ2v) is 7.60. The van der Waals surface area contributed by atoms with Crippen LogP contribution in [0, 0.1) is 26.0 Å². The van der Waals surface area contributed by atoms with Crippen molar-refractivity contribution in [2.24, 2.45) is 5.10 Å². The first-order valence-corrected chi connectivity index (χ1v) is 10.9. The molecule has 2 N–H and O–H groups in total. The summed E-state index contributed by atoms with van der Waals surface area (Å²) in [5.74, 6) is -2.90. The molecule has 0 aliphatic heterocycles. The van der Waals surface area contributed by atoms with E-state index >= 15 is 0 Å². The number of carbonyl (C=O) groups excluding carboxylic acids is 2. The van der Waals surface area contributed by atoms with Crippen molar-refractivity contribution in [2.75, 3.05) is 11.9 Å². The molecule has 0 spiro atoms. The monoisotopic (exact) mass is 545 g/mol. The quantitative estimate of drug-likeness (QED) is 0.170. The van der Waals surface area contributed by atoms with Crippen molar-refractivity contribution in [1.82, 2.24) is 5.43 Å². The number of halogens is 2. The number of hydrogen-bond acceptors (Lipinski definition) is 9. The summed E-state index contributed by atoms with van der Waals surface area (Å²) >= 11 is 5.64. The van der Waals surface area contributed by atoms with E-state index in [1.165, 1.54) is 30.5 Å². The Morgan fingerprint density at radius 2 is 1.74 bits per heavy atom. The smallest absolute Gasteiger partial charge is 0.329 e. The molecule has 0 heterocycles. The van der Waals surface area contributed by atoms with E-state index in [1.54, 1.807) is 6.92 Å². The number of nitrogens with zero attached hydrogens (tertiary/aromatic N) is 3. The van der Waals surface area contributed by atoms with E-state index in [0.29, 0.717) is 5.56 Å². The van der Waals surface area contributed by atoms with Gasteiger partial charge in [-0.2, -0.15) is 5.10 Å². The van der Waals surface area contributed by atoms with Gasteiger partial charge in [0.1, 0.15) is 5.82 Å². The van der Waals surface area contributed by atoms with E-state index in [4.69, 9.17) is 21.1 Å². The van der Waals surface area contributed by atoms with Gasteiger partial charge in [0.2, 0.25) is 5.75 Å². The number of rotatable bonds is 9. The zero-order chi connectivity index (χ0) is 27.8. The summed E-state index contributed by atoms with van der Waals surface area (Å²) in [5.41, 5.74) is 1.43. The Labute approximate surface area is 218 Å². The molecule has 3 aromatic rings. The minimum atomic E-state index is -1.11. The van der Waals surface area contributed by atoms with Crippen molar-refractivity contribution in [1.29, 1.82) is 0 Å². The van der Waals surface area contributed by atoms with E-state index in [2.05, 4.69) is 10.4 Å². The van der Waals surface area contributed by atoms with Crippen LogP contribution in [0.25, 0.3) is 0 Å². The fraction of sp³-hybridized carbons (Fsp3) is 0.0870. The summed E-state index contributed by atoms with van der Waals surface area (Å²) in [7, 11) is 0. The molecule has 0 aliphatic carbocycles. The van der Waals surface area contributed by atoms with Gasteiger partial charge in [-0.3, -0.25) is 29.8 Å². The van der Waals surface area contributed by atoms with Gasteiger partial charge < -0.3 is 14.8 Å². The summed E-state index contributed by atoms with van der Waals surface area (Å²) in [4.78, 5) is 44.7. The standard InChI is InChI=1S/C23H17ClFN5O8/c1-2-37-21-9-13(12-26-28-23(32)22(31)27-14-4-6-17(25)16(24)10-14)3-7-20(21)38-19-8-5-15(29(33)34)11-18(19)30(35)36/h3-12H,2H2,1H3,(H,27,31)(H,28,32). The number of amides is 2. The lowest BCUT2D eigenvalue weighted by molar-refractivity contribution is -0.394. The number of hydrogen-bond donors (Lipinski definition) is 2. The van der Waals surface area contributed by atoms with Crippen molar-refractivity contribution >= 4 is 46.7 Å². The van der Waals surface area contributed by atoms with Gasteiger partial charge in [0.25, 0.3) is 5.69 Å². The number of ether oxygens (including phenoxy) is 2. The van der Waals surface area contributed by atoms with Gasteiger partial charge in [-0.15, -0.1) is 0 Å². The van der Waals surface area contributed by atoms with E-state index in [0.717, 1.165) is 30.3 Å². The molecule has 13 nitrogen and oxygen atoms in total. The van der Waals surface area contributed by atoms with Gasteiger partial charge in [-0.1, -0.05) is 11.6 Å². The molecule has 0 atom stereocenters. The number of non-ortho nitro benzene ring substituents is 1. The molecule has 0 fully saturated rings. The summed E-state index contributed by atoms with van der Waals surface area (Å²) in [6.07, 6.45) is 1.20. The molecular formula is C23H17ClFN5O8. The van der Waals surface area contributed by atoms with Crippen LogP contribution in [0.4, 0.5) is 21.5 Å². The Morgan fingerprint density at radius 3 is 2.39 bits per heavy atom. The minimum Gasteiger partial charge on any atom is -0.490 e. The highest BCUT2D eigenvalue weighted by Gasteiger charge is 2.22. The Balaban J connectivity index is 1.72. The highest BCUT2D eigenvalue weighted by molar-refractivity contribution is 6.39. The van der Waals surface area contributed by atoms with Crippen LogP contribution in [-0.2, 0) is 9.59 Å². The SMILES string of the molecule is CCOc1cc(C=NNC(=O)C(=O)Nc2ccc(F)c(Cl)c2)ccc1Oc1ccc([N+](=O)[O-])cc1[N+](=O)[O-]. The summed E-state index contributed by atoms with van der Waals surface area (Å²) < 4.78 is 24.3. The topological polar surface area (TPSA) is 175 Å². The first kappa shape index (κ1) is 27.5. The van der Waals surface area contributed by atoms with Crippen LogP contribution >= 0.6 is 11.6 Å². The number of nitrogens with one attached hydrogen (secondary N) is 2. The molecule has 38 heavy (non-hydrogen) atoms. The van der Waals surface area contributed by atoms with Crippen molar-refractivity contribution in [2.45, 2.75) is 6.92 Å². The van der Waals surface area contributed by atoms with Gasteiger partial charge in [0.15, 0.2) is 11.5 Å². The van der Waals surface area contributed by atoms with Crippen molar-refractivity contribution in [3.05, 3.63) is 91.2 Å². The second kappa shape index (κ2) is 12.2. The molecule has 0 aliphatic rings. The molecule has 2 amide bonds. The molecular weight excluding hydrogens is 529 g/mol. The van der Waals surface area contributed by atoms with Crippen molar-refractivity contribution in [3.63, 3.8) is 0 Å². The summed E-state index contributed by atoms with van der Waals surface area (Å²) in [6, 6.07) is 10.7. The van der Waals surface area contributed by atoms with E-state index < -0.39 is 38.9 Å². The Kier molecular flexibility index (Phi) is 8.84. The number of nitro groups is 2. The van der Waals surface area contributed by atoms with Crippen LogP contribution in [0.15, 0.2) is 59.7 Å². The lowest BCUT2D eigenvalue weighted by Crippen LogP contribution is -2.32. The van der Waals surface area contributed by atoms with Crippen LogP contribution in [0.3, 0.4) is 0 Å². The van der Waals surface area contributed by atoms with Crippen molar-refractivity contribution in [3.8, 4) is 17.2 Å². The fourth-order valence-electron chi connectivity index (χ4n) is 2.90. The molecule has 0 unspecified atom stereocenters. The Bertz CT molecular complexity index is 1450. The largest absolute Gasteiger partial charge is 0.490 e. The van der Waals surface area contributed by atoms with E-state index in [-0.39, 0.29) is 34.6 Å². The third-order valence-corrected chi connectivity index (χ3v) is 4.89. The zero-order valence-corrected chi connectivity index (χ0v) is 20.1. The zero-order valence-electron chi connectivity index (χ0n) is 19.3. The molecule has 0 radical (unpaired) electrons. The lowest BCUT2D eigenvalue weighted by Gasteiger charge is -2.12. The average molecular weight is 546 g/mol. The molecule has 0 aromatic heterocycles. The van der Waals surface area contributed by atoms with Gasteiger partial charge in [0, 0.05) is 11.8 Å². The maximum absolute atomic E-state index is 13.2. The molecule has 0 saturated carbocycles. The molecule has 196 valence electrons.